The van der Waals surface area contributed by atoms with Crippen molar-refractivity contribution in [3.63, 3.8) is 0 Å². The van der Waals surface area contributed by atoms with Crippen molar-refractivity contribution < 1.29 is 14.3 Å². The Morgan fingerprint density at radius 3 is 2.62 bits per heavy atom. The average molecular weight is 376 g/mol. The van der Waals surface area contributed by atoms with Gasteiger partial charge in [-0.1, -0.05) is 23.9 Å². The van der Waals surface area contributed by atoms with Crippen LogP contribution in [0.1, 0.15) is 18.3 Å². The molecular weight excluding hydrogens is 352 g/mol. The van der Waals surface area contributed by atoms with E-state index in [-0.39, 0.29) is 5.91 Å². The molecule has 1 aliphatic heterocycles. The highest BCUT2D eigenvalue weighted by atomic mass is 32.2. The van der Waals surface area contributed by atoms with Gasteiger partial charge in [-0.05, 0) is 24.6 Å². The first-order chi connectivity index (χ1) is 12.7. The summed E-state index contributed by atoms with van der Waals surface area (Å²) in [4.78, 5) is 14.2. The molecule has 1 saturated heterocycles. The summed E-state index contributed by atoms with van der Waals surface area (Å²) >= 11 is 1.45. The third-order valence-electron chi connectivity index (χ3n) is 4.32. The van der Waals surface area contributed by atoms with Crippen molar-refractivity contribution in [2.75, 3.05) is 39.2 Å². The van der Waals surface area contributed by atoms with Crippen LogP contribution in [0.15, 0.2) is 29.4 Å². The van der Waals surface area contributed by atoms with Crippen LogP contribution in [-0.2, 0) is 22.5 Å². The predicted octanol–water partition coefficient (Wildman–Crippen LogP) is 1.85. The van der Waals surface area contributed by atoms with Crippen molar-refractivity contribution in [1.82, 2.24) is 19.7 Å². The van der Waals surface area contributed by atoms with E-state index >= 15 is 0 Å². The Balaban J connectivity index is 1.62. The Labute approximate surface area is 157 Å². The molecule has 2 heterocycles. The molecular formula is C18H24N4O3S. The number of methoxy groups -OCH3 is 1. The van der Waals surface area contributed by atoms with Gasteiger partial charge in [0.1, 0.15) is 11.6 Å². The summed E-state index contributed by atoms with van der Waals surface area (Å²) in [5.41, 5.74) is 1.15. The number of morpholine rings is 1. The SMILES string of the molecule is CCn1c(Cc2ccc(OC)cc2)nnc1SCC(=O)N1CCOCC1. The van der Waals surface area contributed by atoms with E-state index < -0.39 is 0 Å². The molecule has 0 atom stereocenters. The molecule has 1 fully saturated rings. The maximum absolute atomic E-state index is 12.3. The highest BCUT2D eigenvalue weighted by molar-refractivity contribution is 7.99. The Morgan fingerprint density at radius 1 is 1.23 bits per heavy atom. The van der Waals surface area contributed by atoms with Gasteiger partial charge in [-0.3, -0.25) is 4.79 Å². The largest absolute Gasteiger partial charge is 0.497 e. The van der Waals surface area contributed by atoms with Crippen LogP contribution in [0.25, 0.3) is 0 Å². The molecule has 140 valence electrons. The highest BCUT2D eigenvalue weighted by Crippen LogP contribution is 2.20. The summed E-state index contributed by atoms with van der Waals surface area (Å²) in [6, 6.07) is 7.95. The smallest absolute Gasteiger partial charge is 0.233 e. The molecule has 1 aliphatic rings. The van der Waals surface area contributed by atoms with Crippen LogP contribution >= 0.6 is 11.8 Å². The minimum atomic E-state index is 0.126. The standard InChI is InChI=1S/C18H24N4O3S/c1-3-22-16(12-14-4-6-15(24-2)7-5-14)19-20-18(22)26-13-17(23)21-8-10-25-11-9-21/h4-7H,3,8-13H2,1-2H3. The van der Waals surface area contributed by atoms with E-state index in [0.29, 0.717) is 38.5 Å². The van der Waals surface area contributed by atoms with Crippen LogP contribution in [0.2, 0.25) is 0 Å². The van der Waals surface area contributed by atoms with Crippen molar-refractivity contribution in [3.8, 4) is 5.75 Å². The Bertz CT molecular complexity index is 727. The number of amides is 1. The van der Waals surface area contributed by atoms with Crippen molar-refractivity contribution in [2.24, 2.45) is 0 Å². The molecule has 0 N–H and O–H groups in total. The summed E-state index contributed by atoms with van der Waals surface area (Å²) in [6.07, 6.45) is 0.697. The van der Waals surface area contributed by atoms with E-state index in [9.17, 15) is 4.79 Å². The molecule has 7 nitrogen and oxygen atoms in total. The molecule has 1 aromatic carbocycles. The van der Waals surface area contributed by atoms with E-state index in [1.165, 1.54) is 11.8 Å². The molecule has 0 saturated carbocycles. The van der Waals surface area contributed by atoms with Crippen LogP contribution in [0.3, 0.4) is 0 Å². The number of benzene rings is 1. The summed E-state index contributed by atoms with van der Waals surface area (Å²) in [7, 11) is 1.66. The van der Waals surface area contributed by atoms with Gasteiger partial charge in [0.15, 0.2) is 5.16 Å². The molecule has 3 rings (SSSR count). The Hall–Kier alpha value is -2.06. The fourth-order valence-electron chi connectivity index (χ4n) is 2.83. The van der Waals surface area contributed by atoms with Crippen LogP contribution < -0.4 is 4.74 Å². The number of ether oxygens (including phenoxy) is 2. The van der Waals surface area contributed by atoms with E-state index in [4.69, 9.17) is 9.47 Å². The first-order valence-corrected chi connectivity index (χ1v) is 9.73. The summed E-state index contributed by atoms with van der Waals surface area (Å²) in [6.45, 7) is 5.41. The number of carbonyl (C=O) groups excluding carboxylic acids is 1. The molecule has 0 bridgehead atoms. The zero-order valence-corrected chi connectivity index (χ0v) is 16.0. The zero-order valence-electron chi connectivity index (χ0n) is 15.2. The monoisotopic (exact) mass is 376 g/mol. The fraction of sp³-hybridized carbons (Fsp3) is 0.500. The number of nitrogens with zero attached hydrogens (tertiary/aromatic N) is 4. The zero-order chi connectivity index (χ0) is 18.4. The number of hydrogen-bond acceptors (Lipinski definition) is 6. The molecule has 0 radical (unpaired) electrons. The van der Waals surface area contributed by atoms with Gasteiger partial charge >= 0.3 is 0 Å². The predicted molar refractivity (Wildman–Crippen MR) is 99.6 cm³/mol. The number of aromatic nitrogens is 3. The van der Waals surface area contributed by atoms with Gasteiger partial charge < -0.3 is 18.9 Å². The van der Waals surface area contributed by atoms with Crippen molar-refractivity contribution >= 4 is 17.7 Å². The minimum Gasteiger partial charge on any atom is -0.497 e. The van der Waals surface area contributed by atoms with Gasteiger partial charge in [-0.2, -0.15) is 0 Å². The second-order valence-electron chi connectivity index (χ2n) is 5.95. The minimum absolute atomic E-state index is 0.126. The van der Waals surface area contributed by atoms with Gasteiger partial charge in [-0.15, -0.1) is 10.2 Å². The molecule has 8 heteroatoms. The maximum atomic E-state index is 12.3. The fourth-order valence-corrected chi connectivity index (χ4v) is 3.75. The van der Waals surface area contributed by atoms with E-state index in [0.717, 1.165) is 28.8 Å². The Morgan fingerprint density at radius 2 is 1.96 bits per heavy atom. The third kappa shape index (κ3) is 4.56. The number of hydrogen-bond donors (Lipinski definition) is 0. The highest BCUT2D eigenvalue weighted by Gasteiger charge is 2.19. The number of carbonyl (C=O) groups is 1. The lowest BCUT2D eigenvalue weighted by molar-refractivity contribution is -0.132. The van der Waals surface area contributed by atoms with Crippen molar-refractivity contribution in [1.29, 1.82) is 0 Å². The molecule has 1 amide bonds. The molecule has 0 spiro atoms. The maximum Gasteiger partial charge on any atom is 0.233 e. The van der Waals surface area contributed by atoms with E-state index in [2.05, 4.69) is 21.7 Å². The lowest BCUT2D eigenvalue weighted by Gasteiger charge is -2.26. The summed E-state index contributed by atoms with van der Waals surface area (Å²) in [5, 5.41) is 9.41. The van der Waals surface area contributed by atoms with Gasteiger partial charge in [0, 0.05) is 26.1 Å². The average Bonchev–Trinajstić information content (AvgIpc) is 3.08. The van der Waals surface area contributed by atoms with Crippen LogP contribution in [-0.4, -0.2) is 64.7 Å². The lowest BCUT2D eigenvalue weighted by Crippen LogP contribution is -2.41. The molecule has 2 aromatic rings. The van der Waals surface area contributed by atoms with Gasteiger partial charge in [0.25, 0.3) is 0 Å². The van der Waals surface area contributed by atoms with Gasteiger partial charge in [0.2, 0.25) is 5.91 Å². The number of thioether (sulfide) groups is 1. The Kier molecular flexibility index (Phi) is 6.51. The van der Waals surface area contributed by atoms with Gasteiger partial charge in [0.05, 0.1) is 26.1 Å². The molecule has 0 aliphatic carbocycles. The van der Waals surface area contributed by atoms with E-state index in [1.807, 2.05) is 29.2 Å². The topological polar surface area (TPSA) is 69.5 Å². The van der Waals surface area contributed by atoms with Crippen molar-refractivity contribution in [3.05, 3.63) is 35.7 Å². The lowest BCUT2D eigenvalue weighted by atomic mass is 10.1. The molecule has 26 heavy (non-hydrogen) atoms. The van der Waals surface area contributed by atoms with Gasteiger partial charge in [-0.25, -0.2) is 0 Å². The van der Waals surface area contributed by atoms with Crippen molar-refractivity contribution in [2.45, 2.75) is 25.0 Å². The van der Waals surface area contributed by atoms with Crippen LogP contribution in [0.4, 0.5) is 0 Å². The van der Waals surface area contributed by atoms with E-state index in [1.54, 1.807) is 7.11 Å². The first-order valence-electron chi connectivity index (χ1n) is 8.74. The van der Waals surface area contributed by atoms with Crippen LogP contribution in [0, 0.1) is 0 Å². The molecule has 0 unspecified atom stereocenters. The third-order valence-corrected chi connectivity index (χ3v) is 5.27. The van der Waals surface area contributed by atoms with Crippen LogP contribution in [0.5, 0.6) is 5.75 Å². The summed E-state index contributed by atoms with van der Waals surface area (Å²) in [5.74, 6) is 2.24. The molecule has 1 aromatic heterocycles. The number of rotatable bonds is 7. The normalized spacial score (nSPS) is 14.5. The quantitative estimate of drug-likeness (QED) is 0.687. The summed E-state index contributed by atoms with van der Waals surface area (Å²) < 4.78 is 12.6. The second-order valence-corrected chi connectivity index (χ2v) is 6.89. The second kappa shape index (κ2) is 9.05. The first kappa shape index (κ1) is 18.7.